The highest BCUT2D eigenvalue weighted by Crippen LogP contribution is 2.12. The molecule has 0 fully saturated rings. The van der Waals surface area contributed by atoms with Gasteiger partial charge in [0.1, 0.15) is 5.75 Å². The molecule has 1 N–H and O–H groups in total. The van der Waals surface area contributed by atoms with E-state index in [0.717, 1.165) is 11.3 Å². The standard InChI is InChI=1S/C10H10N2O3/c1-14-8-4-2-7(3-5-8)10-11-9(13)6-15-12-10/h2-5H,6H2,1H3,(H,11,12,13). The molecular formula is C10H10N2O3. The Morgan fingerprint density at radius 2 is 2.13 bits per heavy atom. The van der Waals surface area contributed by atoms with E-state index in [1.807, 2.05) is 0 Å². The predicted octanol–water partition coefficient (Wildman–Crippen LogP) is 0.503. The summed E-state index contributed by atoms with van der Waals surface area (Å²) in [7, 11) is 1.60. The molecule has 0 saturated carbocycles. The van der Waals surface area contributed by atoms with Crippen molar-refractivity contribution < 1.29 is 14.4 Å². The third-order valence-corrected chi connectivity index (χ3v) is 1.97. The van der Waals surface area contributed by atoms with Gasteiger partial charge in [0.05, 0.1) is 7.11 Å². The van der Waals surface area contributed by atoms with Crippen LogP contribution in [-0.4, -0.2) is 25.5 Å². The van der Waals surface area contributed by atoms with Gasteiger partial charge < -0.3 is 14.9 Å². The summed E-state index contributed by atoms with van der Waals surface area (Å²) in [5, 5.41) is 6.36. The minimum Gasteiger partial charge on any atom is -0.497 e. The van der Waals surface area contributed by atoms with E-state index in [0.29, 0.717) is 5.84 Å². The maximum Gasteiger partial charge on any atom is 0.266 e. The third-order valence-electron chi connectivity index (χ3n) is 1.97. The van der Waals surface area contributed by atoms with Crippen molar-refractivity contribution in [1.82, 2.24) is 5.32 Å². The molecule has 0 saturated heterocycles. The number of hydrogen-bond donors (Lipinski definition) is 1. The Kier molecular flexibility index (Phi) is 2.53. The fourth-order valence-corrected chi connectivity index (χ4v) is 1.22. The van der Waals surface area contributed by atoms with Crippen molar-refractivity contribution in [1.29, 1.82) is 0 Å². The molecule has 2 rings (SSSR count). The number of methoxy groups -OCH3 is 1. The number of ether oxygens (including phenoxy) is 1. The molecule has 0 unspecified atom stereocenters. The van der Waals surface area contributed by atoms with E-state index < -0.39 is 0 Å². The lowest BCUT2D eigenvalue weighted by molar-refractivity contribution is -0.125. The predicted molar refractivity (Wildman–Crippen MR) is 53.6 cm³/mol. The van der Waals surface area contributed by atoms with Crippen LogP contribution in [-0.2, 0) is 9.63 Å². The Balaban J connectivity index is 2.22. The minimum absolute atomic E-state index is 0.0281. The molecule has 1 aromatic carbocycles. The zero-order valence-corrected chi connectivity index (χ0v) is 8.19. The molecule has 0 aliphatic carbocycles. The zero-order chi connectivity index (χ0) is 10.7. The summed E-state index contributed by atoms with van der Waals surface area (Å²) < 4.78 is 5.02. The Labute approximate surface area is 86.7 Å². The summed E-state index contributed by atoms with van der Waals surface area (Å²) in [5.74, 6) is 0.979. The lowest BCUT2D eigenvalue weighted by Gasteiger charge is -2.13. The normalized spacial score (nSPS) is 15.0. The Hall–Kier alpha value is -2.04. The molecular weight excluding hydrogens is 196 g/mol. The molecule has 5 heteroatoms. The molecule has 0 atom stereocenters. The van der Waals surface area contributed by atoms with E-state index in [1.165, 1.54) is 0 Å². The number of benzene rings is 1. The number of hydrogen-bond acceptors (Lipinski definition) is 4. The van der Waals surface area contributed by atoms with Gasteiger partial charge in [-0.05, 0) is 24.3 Å². The fourth-order valence-electron chi connectivity index (χ4n) is 1.22. The van der Waals surface area contributed by atoms with Crippen LogP contribution in [0.4, 0.5) is 0 Å². The van der Waals surface area contributed by atoms with Gasteiger partial charge >= 0.3 is 0 Å². The van der Waals surface area contributed by atoms with Crippen molar-refractivity contribution in [2.24, 2.45) is 5.16 Å². The number of carbonyl (C=O) groups is 1. The highest BCUT2D eigenvalue weighted by molar-refractivity contribution is 6.08. The highest BCUT2D eigenvalue weighted by atomic mass is 16.6. The molecule has 1 aromatic rings. The van der Waals surface area contributed by atoms with E-state index in [2.05, 4.69) is 10.5 Å². The quantitative estimate of drug-likeness (QED) is 0.766. The topological polar surface area (TPSA) is 59.9 Å². The number of amidine groups is 1. The van der Waals surface area contributed by atoms with Crippen LogP contribution in [0.3, 0.4) is 0 Å². The third kappa shape index (κ3) is 2.07. The van der Waals surface area contributed by atoms with Gasteiger partial charge in [-0.3, -0.25) is 4.79 Å². The monoisotopic (exact) mass is 206 g/mol. The van der Waals surface area contributed by atoms with Crippen molar-refractivity contribution >= 4 is 11.7 Å². The average Bonchev–Trinajstić information content (AvgIpc) is 2.29. The maximum atomic E-state index is 11.0. The smallest absolute Gasteiger partial charge is 0.266 e. The van der Waals surface area contributed by atoms with Gasteiger partial charge in [-0.15, -0.1) is 0 Å². The molecule has 0 bridgehead atoms. The number of rotatable bonds is 2. The number of nitrogens with one attached hydrogen (secondary N) is 1. The number of nitrogens with zero attached hydrogens (tertiary/aromatic N) is 1. The first-order chi connectivity index (χ1) is 7.29. The van der Waals surface area contributed by atoms with Crippen molar-refractivity contribution in [3.05, 3.63) is 29.8 Å². The van der Waals surface area contributed by atoms with Crippen LogP contribution in [0.15, 0.2) is 29.4 Å². The van der Waals surface area contributed by atoms with Crippen LogP contribution in [0.5, 0.6) is 5.75 Å². The minimum atomic E-state index is -0.198. The van der Waals surface area contributed by atoms with Crippen LogP contribution in [0, 0.1) is 0 Å². The fraction of sp³-hybridized carbons (Fsp3) is 0.200. The molecule has 1 aliphatic heterocycles. The molecule has 1 aliphatic rings. The molecule has 1 heterocycles. The average molecular weight is 206 g/mol. The molecule has 0 spiro atoms. The van der Waals surface area contributed by atoms with Crippen LogP contribution in [0.2, 0.25) is 0 Å². The summed E-state index contributed by atoms with van der Waals surface area (Å²) in [4.78, 5) is 15.8. The Morgan fingerprint density at radius 3 is 2.73 bits per heavy atom. The zero-order valence-electron chi connectivity index (χ0n) is 8.19. The second-order valence-electron chi connectivity index (χ2n) is 2.99. The summed E-state index contributed by atoms with van der Waals surface area (Å²) in [6.45, 7) is -0.0281. The van der Waals surface area contributed by atoms with Crippen LogP contribution >= 0.6 is 0 Å². The molecule has 78 valence electrons. The number of carbonyl (C=O) groups excluding carboxylic acids is 1. The van der Waals surface area contributed by atoms with Crippen molar-refractivity contribution in [2.45, 2.75) is 0 Å². The summed E-state index contributed by atoms with van der Waals surface area (Å²) >= 11 is 0. The van der Waals surface area contributed by atoms with Gasteiger partial charge in [0.2, 0.25) is 0 Å². The van der Waals surface area contributed by atoms with Crippen LogP contribution in [0.1, 0.15) is 5.56 Å². The van der Waals surface area contributed by atoms with E-state index in [4.69, 9.17) is 9.57 Å². The first-order valence-corrected chi connectivity index (χ1v) is 4.44. The molecule has 15 heavy (non-hydrogen) atoms. The lowest BCUT2D eigenvalue weighted by Crippen LogP contribution is -2.37. The van der Waals surface area contributed by atoms with Crippen molar-refractivity contribution in [2.75, 3.05) is 13.7 Å². The first-order valence-electron chi connectivity index (χ1n) is 4.44. The first kappa shape index (κ1) is 9.51. The molecule has 1 amide bonds. The van der Waals surface area contributed by atoms with Gasteiger partial charge in [0.15, 0.2) is 12.4 Å². The molecule has 5 nitrogen and oxygen atoms in total. The van der Waals surface area contributed by atoms with Gasteiger partial charge in [0, 0.05) is 5.56 Å². The van der Waals surface area contributed by atoms with Crippen LogP contribution in [0.25, 0.3) is 0 Å². The van der Waals surface area contributed by atoms with E-state index in [9.17, 15) is 4.79 Å². The number of amides is 1. The SMILES string of the molecule is COc1ccc(C2=NOCC(=O)N2)cc1. The summed E-state index contributed by atoms with van der Waals surface area (Å²) in [6, 6.07) is 7.18. The van der Waals surface area contributed by atoms with E-state index >= 15 is 0 Å². The Morgan fingerprint density at radius 1 is 1.40 bits per heavy atom. The summed E-state index contributed by atoms with van der Waals surface area (Å²) in [6.07, 6.45) is 0. The largest absolute Gasteiger partial charge is 0.497 e. The number of oxime groups is 1. The second-order valence-corrected chi connectivity index (χ2v) is 2.99. The van der Waals surface area contributed by atoms with Crippen molar-refractivity contribution in [3.8, 4) is 5.75 Å². The van der Waals surface area contributed by atoms with E-state index in [1.54, 1.807) is 31.4 Å². The highest BCUT2D eigenvalue weighted by Gasteiger charge is 2.14. The van der Waals surface area contributed by atoms with Gasteiger partial charge in [-0.25, -0.2) is 0 Å². The van der Waals surface area contributed by atoms with Crippen LogP contribution < -0.4 is 10.1 Å². The Bertz CT molecular complexity index is 398. The van der Waals surface area contributed by atoms with Gasteiger partial charge in [-0.2, -0.15) is 0 Å². The van der Waals surface area contributed by atoms with E-state index in [-0.39, 0.29) is 12.5 Å². The summed E-state index contributed by atoms with van der Waals surface area (Å²) in [5.41, 5.74) is 0.781. The molecule has 0 aromatic heterocycles. The second kappa shape index (κ2) is 4.00. The molecule has 0 radical (unpaired) electrons. The van der Waals surface area contributed by atoms with Gasteiger partial charge in [-0.1, -0.05) is 5.16 Å². The lowest BCUT2D eigenvalue weighted by atomic mass is 10.2. The maximum absolute atomic E-state index is 11.0. The van der Waals surface area contributed by atoms with Gasteiger partial charge in [0.25, 0.3) is 5.91 Å². The van der Waals surface area contributed by atoms with Crippen molar-refractivity contribution in [3.63, 3.8) is 0 Å².